The summed E-state index contributed by atoms with van der Waals surface area (Å²) >= 11 is 0. The molecular formula is C11H14N2O. The van der Waals surface area contributed by atoms with Crippen molar-refractivity contribution in [2.24, 2.45) is 0 Å². The molecule has 0 atom stereocenters. The minimum atomic E-state index is -0.840. The number of pyridine rings is 1. The van der Waals surface area contributed by atoms with Gasteiger partial charge in [0.25, 0.3) is 0 Å². The number of rotatable bonds is 1. The number of aryl methyl sites for hydroxylation is 1. The van der Waals surface area contributed by atoms with Gasteiger partial charge in [0.1, 0.15) is 0 Å². The first-order valence-corrected chi connectivity index (χ1v) is 4.67. The second kappa shape index (κ2) is 2.82. The van der Waals surface area contributed by atoms with Gasteiger partial charge in [0.2, 0.25) is 0 Å². The predicted molar refractivity (Wildman–Crippen MR) is 55.2 cm³/mol. The fraction of sp³-hybridized carbons (Fsp3) is 0.364. The normalized spacial score (nSPS) is 12.3. The molecule has 0 saturated heterocycles. The van der Waals surface area contributed by atoms with Crippen LogP contribution in [0.4, 0.5) is 0 Å². The maximum atomic E-state index is 10.0. The molecule has 0 radical (unpaired) electrons. The third-order valence-electron chi connectivity index (χ3n) is 2.33. The third-order valence-corrected chi connectivity index (χ3v) is 2.33. The van der Waals surface area contributed by atoms with Crippen LogP contribution in [0.15, 0.2) is 24.4 Å². The molecule has 0 fully saturated rings. The molecule has 0 unspecified atom stereocenters. The Kier molecular flexibility index (Phi) is 1.86. The van der Waals surface area contributed by atoms with Crippen molar-refractivity contribution in [1.82, 2.24) is 9.61 Å². The van der Waals surface area contributed by atoms with Crippen LogP contribution in [-0.2, 0) is 5.60 Å². The van der Waals surface area contributed by atoms with Crippen molar-refractivity contribution in [2.45, 2.75) is 26.4 Å². The van der Waals surface area contributed by atoms with E-state index in [0.717, 1.165) is 16.8 Å². The average molecular weight is 190 g/mol. The first kappa shape index (κ1) is 9.21. The van der Waals surface area contributed by atoms with Gasteiger partial charge in [-0.2, -0.15) is 5.10 Å². The number of aliphatic hydroxyl groups is 1. The van der Waals surface area contributed by atoms with Gasteiger partial charge in [-0.05, 0) is 32.9 Å². The Morgan fingerprint density at radius 2 is 2.07 bits per heavy atom. The zero-order valence-corrected chi connectivity index (χ0v) is 8.65. The molecule has 0 saturated carbocycles. The van der Waals surface area contributed by atoms with E-state index in [0.29, 0.717) is 0 Å². The highest BCUT2D eigenvalue weighted by Gasteiger charge is 2.23. The predicted octanol–water partition coefficient (Wildman–Crippen LogP) is 1.87. The maximum Gasteiger partial charge on any atom is 0.0879 e. The summed E-state index contributed by atoms with van der Waals surface area (Å²) in [5, 5.41) is 14.3. The van der Waals surface area contributed by atoms with E-state index < -0.39 is 5.60 Å². The lowest BCUT2D eigenvalue weighted by Gasteiger charge is -2.16. The van der Waals surface area contributed by atoms with Crippen LogP contribution in [0.3, 0.4) is 0 Å². The van der Waals surface area contributed by atoms with Gasteiger partial charge in [-0.25, -0.2) is 4.52 Å². The third kappa shape index (κ3) is 1.30. The Morgan fingerprint density at radius 3 is 2.71 bits per heavy atom. The minimum Gasteiger partial charge on any atom is -0.386 e. The summed E-state index contributed by atoms with van der Waals surface area (Å²) in [5.74, 6) is 0. The second-order valence-electron chi connectivity index (χ2n) is 4.05. The number of aromatic nitrogens is 2. The van der Waals surface area contributed by atoms with E-state index in [1.807, 2.05) is 31.3 Å². The Balaban J connectivity index is 2.81. The van der Waals surface area contributed by atoms with Crippen molar-refractivity contribution >= 4 is 5.52 Å². The van der Waals surface area contributed by atoms with Gasteiger partial charge in [-0.15, -0.1) is 0 Å². The molecule has 74 valence electrons. The van der Waals surface area contributed by atoms with Gasteiger partial charge in [0, 0.05) is 11.8 Å². The lowest BCUT2D eigenvalue weighted by molar-refractivity contribution is 0.0794. The Bertz CT molecular complexity index is 466. The standard InChI is InChI=1S/C11H14N2O/c1-8-10(11(2,3)14)9-6-4-5-7-13(9)12-8/h4-7,14H,1-3H3. The number of fused-ring (bicyclic) bond motifs is 1. The molecule has 1 N–H and O–H groups in total. The molecule has 3 nitrogen and oxygen atoms in total. The topological polar surface area (TPSA) is 37.5 Å². The quantitative estimate of drug-likeness (QED) is 0.745. The lowest BCUT2D eigenvalue weighted by atomic mass is 9.97. The molecule has 0 aliphatic carbocycles. The molecule has 0 aromatic carbocycles. The molecular weight excluding hydrogens is 176 g/mol. The number of nitrogens with zero attached hydrogens (tertiary/aromatic N) is 2. The van der Waals surface area contributed by atoms with Crippen LogP contribution in [0.2, 0.25) is 0 Å². The summed E-state index contributed by atoms with van der Waals surface area (Å²) in [5.41, 5.74) is 1.91. The summed E-state index contributed by atoms with van der Waals surface area (Å²) in [7, 11) is 0. The zero-order valence-electron chi connectivity index (χ0n) is 8.65. The van der Waals surface area contributed by atoms with E-state index in [-0.39, 0.29) is 0 Å². The van der Waals surface area contributed by atoms with E-state index >= 15 is 0 Å². The molecule has 2 aromatic heterocycles. The van der Waals surface area contributed by atoms with Crippen LogP contribution in [0.5, 0.6) is 0 Å². The minimum absolute atomic E-state index is 0.840. The van der Waals surface area contributed by atoms with Crippen LogP contribution in [0.1, 0.15) is 25.1 Å². The van der Waals surface area contributed by atoms with E-state index in [4.69, 9.17) is 0 Å². The summed E-state index contributed by atoms with van der Waals surface area (Å²) in [6, 6.07) is 5.84. The second-order valence-corrected chi connectivity index (χ2v) is 4.05. The molecule has 3 heteroatoms. The molecule has 0 aliphatic rings. The maximum absolute atomic E-state index is 10.0. The van der Waals surface area contributed by atoms with Crippen LogP contribution in [0.25, 0.3) is 5.52 Å². The highest BCUT2D eigenvalue weighted by Crippen LogP contribution is 2.27. The summed E-state index contributed by atoms with van der Waals surface area (Å²) in [4.78, 5) is 0. The first-order valence-electron chi connectivity index (χ1n) is 4.67. The Hall–Kier alpha value is -1.35. The molecule has 2 rings (SSSR count). The van der Waals surface area contributed by atoms with Crippen LogP contribution < -0.4 is 0 Å². The summed E-state index contributed by atoms with van der Waals surface area (Å²) in [6.07, 6.45) is 1.89. The molecule has 0 amide bonds. The fourth-order valence-electron chi connectivity index (χ4n) is 1.87. The molecule has 0 aliphatic heterocycles. The van der Waals surface area contributed by atoms with Gasteiger partial charge in [-0.1, -0.05) is 6.07 Å². The van der Waals surface area contributed by atoms with E-state index in [2.05, 4.69) is 5.10 Å². The van der Waals surface area contributed by atoms with Crippen molar-refractivity contribution in [1.29, 1.82) is 0 Å². The Labute approximate surface area is 83.0 Å². The summed E-state index contributed by atoms with van der Waals surface area (Å²) in [6.45, 7) is 5.48. The smallest absolute Gasteiger partial charge is 0.0879 e. The molecule has 2 aromatic rings. The first-order chi connectivity index (χ1) is 6.50. The van der Waals surface area contributed by atoms with Gasteiger partial charge in [0.05, 0.1) is 16.8 Å². The molecule has 0 spiro atoms. The van der Waals surface area contributed by atoms with E-state index in [9.17, 15) is 5.11 Å². The van der Waals surface area contributed by atoms with Crippen LogP contribution in [-0.4, -0.2) is 14.7 Å². The fourth-order valence-corrected chi connectivity index (χ4v) is 1.87. The summed E-state index contributed by atoms with van der Waals surface area (Å²) < 4.78 is 1.79. The van der Waals surface area contributed by atoms with E-state index in [1.54, 1.807) is 18.4 Å². The SMILES string of the molecule is Cc1nn2ccccc2c1C(C)(C)O. The van der Waals surface area contributed by atoms with E-state index in [1.165, 1.54) is 0 Å². The van der Waals surface area contributed by atoms with Crippen LogP contribution in [0, 0.1) is 6.92 Å². The highest BCUT2D eigenvalue weighted by atomic mass is 16.3. The average Bonchev–Trinajstić information content (AvgIpc) is 2.38. The lowest BCUT2D eigenvalue weighted by Crippen LogP contribution is -2.16. The van der Waals surface area contributed by atoms with Gasteiger partial charge in [0.15, 0.2) is 0 Å². The molecule has 2 heterocycles. The van der Waals surface area contributed by atoms with Gasteiger partial charge >= 0.3 is 0 Å². The van der Waals surface area contributed by atoms with Crippen molar-refractivity contribution in [3.63, 3.8) is 0 Å². The van der Waals surface area contributed by atoms with Gasteiger partial charge < -0.3 is 5.11 Å². The van der Waals surface area contributed by atoms with Crippen molar-refractivity contribution < 1.29 is 5.11 Å². The van der Waals surface area contributed by atoms with Crippen molar-refractivity contribution in [2.75, 3.05) is 0 Å². The zero-order chi connectivity index (χ0) is 10.3. The molecule has 14 heavy (non-hydrogen) atoms. The largest absolute Gasteiger partial charge is 0.386 e. The Morgan fingerprint density at radius 1 is 1.36 bits per heavy atom. The van der Waals surface area contributed by atoms with Crippen LogP contribution >= 0.6 is 0 Å². The van der Waals surface area contributed by atoms with Crippen molar-refractivity contribution in [3.05, 3.63) is 35.7 Å². The monoisotopic (exact) mass is 190 g/mol. The highest BCUT2D eigenvalue weighted by molar-refractivity contribution is 5.58. The number of hydrogen-bond acceptors (Lipinski definition) is 2. The molecule has 0 bridgehead atoms. The van der Waals surface area contributed by atoms with Crippen molar-refractivity contribution in [3.8, 4) is 0 Å². The number of hydrogen-bond donors (Lipinski definition) is 1. The van der Waals surface area contributed by atoms with Gasteiger partial charge in [-0.3, -0.25) is 0 Å².